The predicted octanol–water partition coefficient (Wildman–Crippen LogP) is 0.183. The summed E-state index contributed by atoms with van der Waals surface area (Å²) in [7, 11) is -2.66. The van der Waals surface area contributed by atoms with Crippen LogP contribution in [0.2, 0.25) is 0 Å². The van der Waals surface area contributed by atoms with Gasteiger partial charge in [0.25, 0.3) is 10.1 Å². The maximum Gasteiger partial charge on any atom is 0.312 e. The molecule has 0 aliphatic rings. The van der Waals surface area contributed by atoms with Crippen molar-refractivity contribution in [3.05, 3.63) is 29.8 Å². The highest BCUT2D eigenvalue weighted by atomic mass is 32.2. The van der Waals surface area contributed by atoms with E-state index in [0.717, 1.165) is 12.7 Å². The average molecular weight is 361 g/mol. The van der Waals surface area contributed by atoms with E-state index in [1.54, 1.807) is 31.2 Å². The third kappa shape index (κ3) is 7.37. The number of hydrogen-bond donors (Lipinski definition) is 2. The van der Waals surface area contributed by atoms with Crippen molar-refractivity contribution in [3.63, 3.8) is 0 Å². The first-order valence-electron chi connectivity index (χ1n) is 7.40. The molecular formula is C15H23NO7S. The van der Waals surface area contributed by atoms with Crippen molar-refractivity contribution in [2.45, 2.75) is 32.1 Å². The van der Waals surface area contributed by atoms with E-state index >= 15 is 0 Å². The summed E-state index contributed by atoms with van der Waals surface area (Å²) in [6.45, 7) is 2.12. The summed E-state index contributed by atoms with van der Waals surface area (Å²) in [6.07, 6.45) is -0.958. The minimum Gasteiger partial charge on any atom is -0.427 e. The molecule has 0 amide bonds. The lowest BCUT2D eigenvalue weighted by Gasteiger charge is -2.18. The summed E-state index contributed by atoms with van der Waals surface area (Å²) in [5, 5.41) is 9.62. The van der Waals surface area contributed by atoms with Crippen molar-refractivity contribution in [3.8, 4) is 5.75 Å². The Morgan fingerprint density at radius 3 is 2.46 bits per heavy atom. The molecule has 0 fully saturated rings. The molecule has 0 radical (unpaired) electrons. The van der Waals surface area contributed by atoms with Gasteiger partial charge in [0, 0.05) is 6.61 Å². The Bertz CT molecular complexity index is 615. The fourth-order valence-electron chi connectivity index (χ4n) is 1.84. The quantitative estimate of drug-likeness (QED) is 0.262. The van der Waals surface area contributed by atoms with Gasteiger partial charge in [0.15, 0.2) is 6.29 Å². The molecule has 1 aromatic rings. The fraction of sp³-hybridized carbons (Fsp3) is 0.533. The summed E-state index contributed by atoms with van der Waals surface area (Å²) in [5.74, 6) is -0.825. The number of ether oxygens (including phenoxy) is 2. The van der Waals surface area contributed by atoms with Crippen LogP contribution in [-0.2, 0) is 30.3 Å². The number of carbonyl (C=O) groups excluding carboxylic acids is 1. The third-order valence-electron chi connectivity index (χ3n) is 3.14. The van der Waals surface area contributed by atoms with Gasteiger partial charge in [0.2, 0.25) is 0 Å². The number of carbonyl (C=O) groups is 1. The Kier molecular flexibility index (Phi) is 8.29. The molecule has 0 spiro atoms. The van der Waals surface area contributed by atoms with Crippen molar-refractivity contribution in [1.82, 2.24) is 0 Å². The SMILES string of the molecule is CCOC(O)C(N)Cc1ccc(OC(=O)CCS(=O)(=O)OC)cc1. The van der Waals surface area contributed by atoms with Crippen LogP contribution in [0.15, 0.2) is 24.3 Å². The van der Waals surface area contributed by atoms with Gasteiger partial charge in [-0.15, -0.1) is 0 Å². The lowest BCUT2D eigenvalue weighted by atomic mass is 10.1. The van der Waals surface area contributed by atoms with E-state index in [4.69, 9.17) is 15.2 Å². The van der Waals surface area contributed by atoms with Crippen LogP contribution in [0.3, 0.4) is 0 Å². The molecule has 9 heteroatoms. The molecule has 2 atom stereocenters. The van der Waals surface area contributed by atoms with Gasteiger partial charge in [0.1, 0.15) is 5.75 Å². The lowest BCUT2D eigenvalue weighted by molar-refractivity contribution is -0.133. The highest BCUT2D eigenvalue weighted by molar-refractivity contribution is 7.86. The third-order valence-corrected chi connectivity index (χ3v) is 4.35. The van der Waals surface area contributed by atoms with Crippen LogP contribution in [0.25, 0.3) is 0 Å². The summed E-state index contributed by atoms with van der Waals surface area (Å²) in [5.41, 5.74) is 6.65. The van der Waals surface area contributed by atoms with Crippen LogP contribution in [0.4, 0.5) is 0 Å². The van der Waals surface area contributed by atoms with Crippen LogP contribution >= 0.6 is 0 Å². The molecule has 0 bridgehead atoms. The predicted molar refractivity (Wildman–Crippen MR) is 86.8 cm³/mol. The normalized spacial score (nSPS) is 14.2. The minimum absolute atomic E-state index is 0.289. The number of hydrogen-bond acceptors (Lipinski definition) is 8. The van der Waals surface area contributed by atoms with Gasteiger partial charge in [0.05, 0.1) is 25.3 Å². The zero-order valence-electron chi connectivity index (χ0n) is 13.7. The van der Waals surface area contributed by atoms with Crippen molar-refractivity contribution >= 4 is 16.1 Å². The highest BCUT2D eigenvalue weighted by Gasteiger charge is 2.16. The monoisotopic (exact) mass is 361 g/mol. The molecule has 0 saturated carbocycles. The first-order valence-corrected chi connectivity index (χ1v) is 8.98. The summed E-state index contributed by atoms with van der Waals surface area (Å²) in [6, 6.07) is 5.97. The van der Waals surface area contributed by atoms with Crippen molar-refractivity contribution in [2.75, 3.05) is 19.5 Å². The zero-order chi connectivity index (χ0) is 18.2. The van der Waals surface area contributed by atoms with Crippen LogP contribution in [0, 0.1) is 0 Å². The minimum atomic E-state index is -3.69. The number of benzene rings is 1. The van der Waals surface area contributed by atoms with E-state index in [-0.39, 0.29) is 12.2 Å². The molecule has 24 heavy (non-hydrogen) atoms. The molecule has 3 N–H and O–H groups in total. The maximum absolute atomic E-state index is 11.6. The fourth-order valence-corrected chi connectivity index (χ4v) is 2.42. The smallest absolute Gasteiger partial charge is 0.312 e. The van der Waals surface area contributed by atoms with Crippen molar-refractivity contribution < 1.29 is 32.0 Å². The van der Waals surface area contributed by atoms with Gasteiger partial charge in [-0.3, -0.25) is 8.98 Å². The summed E-state index contributed by atoms with van der Waals surface area (Å²) < 4.78 is 36.6. The van der Waals surface area contributed by atoms with E-state index in [0.29, 0.717) is 13.0 Å². The van der Waals surface area contributed by atoms with Crippen LogP contribution in [0.5, 0.6) is 5.75 Å². The largest absolute Gasteiger partial charge is 0.427 e. The Balaban J connectivity index is 2.51. The number of nitrogens with two attached hydrogens (primary N) is 1. The topological polar surface area (TPSA) is 125 Å². The van der Waals surface area contributed by atoms with Gasteiger partial charge in [-0.2, -0.15) is 8.42 Å². The average Bonchev–Trinajstić information content (AvgIpc) is 2.55. The first-order chi connectivity index (χ1) is 11.3. The standard InChI is InChI=1S/C15H23NO7S/c1-3-22-15(18)13(16)10-11-4-6-12(7-5-11)23-14(17)8-9-24(19,20)21-2/h4-7,13,15,18H,3,8-10,16H2,1-2H3. The first kappa shape index (κ1) is 20.5. The molecule has 136 valence electrons. The van der Waals surface area contributed by atoms with Gasteiger partial charge < -0.3 is 20.3 Å². The Labute approximate surface area is 141 Å². The van der Waals surface area contributed by atoms with Crippen LogP contribution in [0.1, 0.15) is 18.9 Å². The van der Waals surface area contributed by atoms with Gasteiger partial charge in [-0.05, 0) is 31.0 Å². The number of aliphatic hydroxyl groups excluding tert-OH is 1. The number of esters is 1. The summed E-state index contributed by atoms with van der Waals surface area (Å²) in [4.78, 5) is 11.6. The Morgan fingerprint density at radius 2 is 1.92 bits per heavy atom. The second kappa shape index (κ2) is 9.70. The summed E-state index contributed by atoms with van der Waals surface area (Å²) >= 11 is 0. The Hall–Kier alpha value is -1.52. The molecule has 0 heterocycles. The zero-order valence-corrected chi connectivity index (χ0v) is 14.5. The molecule has 0 aliphatic heterocycles. The molecule has 2 unspecified atom stereocenters. The molecule has 0 saturated heterocycles. The molecule has 1 rings (SSSR count). The van der Waals surface area contributed by atoms with Gasteiger partial charge in [-0.1, -0.05) is 12.1 Å². The number of aliphatic hydroxyl groups is 1. The number of rotatable bonds is 10. The van der Waals surface area contributed by atoms with E-state index in [2.05, 4.69) is 4.18 Å². The van der Waals surface area contributed by atoms with Crippen LogP contribution in [-0.4, -0.2) is 51.3 Å². The van der Waals surface area contributed by atoms with Crippen molar-refractivity contribution in [1.29, 1.82) is 0 Å². The second-order valence-corrected chi connectivity index (χ2v) is 6.87. The molecule has 1 aromatic carbocycles. The van der Waals surface area contributed by atoms with Gasteiger partial charge >= 0.3 is 5.97 Å². The maximum atomic E-state index is 11.6. The van der Waals surface area contributed by atoms with E-state index in [1.807, 2.05) is 0 Å². The Morgan fingerprint density at radius 1 is 1.29 bits per heavy atom. The highest BCUT2D eigenvalue weighted by Crippen LogP contribution is 2.15. The van der Waals surface area contributed by atoms with E-state index in [9.17, 15) is 18.3 Å². The lowest BCUT2D eigenvalue weighted by Crippen LogP contribution is -2.38. The van der Waals surface area contributed by atoms with Gasteiger partial charge in [-0.25, -0.2) is 0 Å². The van der Waals surface area contributed by atoms with E-state index in [1.165, 1.54) is 0 Å². The van der Waals surface area contributed by atoms with Crippen LogP contribution < -0.4 is 10.5 Å². The second-order valence-electron chi connectivity index (χ2n) is 5.01. The van der Waals surface area contributed by atoms with E-state index < -0.39 is 34.2 Å². The molecular weight excluding hydrogens is 338 g/mol. The molecule has 0 aromatic heterocycles. The van der Waals surface area contributed by atoms with Crippen molar-refractivity contribution in [2.24, 2.45) is 5.73 Å². The molecule has 8 nitrogen and oxygen atoms in total. The molecule has 0 aliphatic carbocycles.